The minimum absolute atomic E-state index is 0.0659. The van der Waals surface area contributed by atoms with E-state index in [4.69, 9.17) is 9.47 Å². The van der Waals surface area contributed by atoms with Gasteiger partial charge in [0.15, 0.2) is 0 Å². The van der Waals surface area contributed by atoms with Crippen LogP contribution in [0.2, 0.25) is 0 Å². The van der Waals surface area contributed by atoms with Crippen molar-refractivity contribution in [2.24, 2.45) is 0 Å². The quantitative estimate of drug-likeness (QED) is 0.247. The Morgan fingerprint density at radius 2 is 1.49 bits per heavy atom. The first-order valence-corrected chi connectivity index (χ1v) is 14.0. The van der Waals surface area contributed by atoms with Gasteiger partial charge in [-0.3, -0.25) is 4.79 Å². The zero-order chi connectivity index (χ0) is 25.8. The number of fused-ring (bicyclic) bond motifs is 2. The van der Waals surface area contributed by atoms with Crippen LogP contribution >= 0.6 is 11.8 Å². The molecule has 0 spiro atoms. The lowest BCUT2D eigenvalue weighted by atomic mass is 9.98. The fourth-order valence-corrected chi connectivity index (χ4v) is 6.18. The van der Waals surface area contributed by atoms with Crippen LogP contribution in [0, 0.1) is 6.92 Å². The molecule has 3 aromatic rings. The molecule has 3 aromatic carbocycles. The summed E-state index contributed by atoms with van der Waals surface area (Å²) in [4.78, 5) is 28.7. The van der Waals surface area contributed by atoms with Crippen molar-refractivity contribution in [3.8, 4) is 5.75 Å². The SMILES string of the molecule is CCOC(=O)c1ccc(OC2C[C@H]3CC[C@@H](C2)N3C(=O)c2ccc(CSc3ccc(C)cc3)cc2)cc1. The number of ether oxygens (including phenoxy) is 2. The summed E-state index contributed by atoms with van der Waals surface area (Å²) in [5, 5.41) is 0. The van der Waals surface area contributed by atoms with Gasteiger partial charge in [0, 0.05) is 41.1 Å². The van der Waals surface area contributed by atoms with Gasteiger partial charge in [0.05, 0.1) is 12.2 Å². The topological polar surface area (TPSA) is 55.8 Å². The van der Waals surface area contributed by atoms with E-state index in [-0.39, 0.29) is 30.1 Å². The monoisotopic (exact) mass is 515 g/mol. The largest absolute Gasteiger partial charge is 0.490 e. The predicted octanol–water partition coefficient (Wildman–Crippen LogP) is 6.68. The molecule has 0 saturated carbocycles. The molecule has 2 saturated heterocycles. The van der Waals surface area contributed by atoms with Crippen LogP contribution in [0.5, 0.6) is 5.75 Å². The van der Waals surface area contributed by atoms with Crippen molar-refractivity contribution in [3.63, 3.8) is 0 Å². The van der Waals surface area contributed by atoms with Gasteiger partial charge in [-0.2, -0.15) is 0 Å². The Labute approximate surface area is 223 Å². The Balaban J connectivity index is 1.16. The van der Waals surface area contributed by atoms with Crippen LogP contribution in [0.1, 0.15) is 64.4 Å². The van der Waals surface area contributed by atoms with Crippen molar-refractivity contribution in [2.45, 2.75) is 68.4 Å². The van der Waals surface area contributed by atoms with E-state index in [0.29, 0.717) is 12.2 Å². The molecule has 0 N–H and O–H groups in total. The summed E-state index contributed by atoms with van der Waals surface area (Å²) in [6, 6.07) is 24.2. The second-order valence-electron chi connectivity index (χ2n) is 9.85. The third kappa shape index (κ3) is 6.02. The average molecular weight is 516 g/mol. The average Bonchev–Trinajstić information content (AvgIpc) is 3.18. The summed E-state index contributed by atoms with van der Waals surface area (Å²) in [7, 11) is 0. The zero-order valence-corrected chi connectivity index (χ0v) is 22.2. The van der Waals surface area contributed by atoms with E-state index in [2.05, 4.69) is 48.2 Å². The molecular weight excluding hydrogens is 482 g/mol. The van der Waals surface area contributed by atoms with Gasteiger partial charge in [-0.15, -0.1) is 11.8 Å². The summed E-state index contributed by atoms with van der Waals surface area (Å²) < 4.78 is 11.3. The molecule has 0 radical (unpaired) electrons. The third-order valence-corrected chi connectivity index (χ3v) is 8.30. The van der Waals surface area contributed by atoms with Crippen LogP contribution in [0.4, 0.5) is 0 Å². The van der Waals surface area contributed by atoms with Gasteiger partial charge < -0.3 is 14.4 Å². The lowest BCUT2D eigenvalue weighted by Crippen LogP contribution is -2.49. The second kappa shape index (κ2) is 11.4. The highest BCUT2D eigenvalue weighted by molar-refractivity contribution is 7.98. The first-order valence-electron chi connectivity index (χ1n) is 13.0. The van der Waals surface area contributed by atoms with Gasteiger partial charge in [0.2, 0.25) is 0 Å². The molecule has 6 heteroatoms. The van der Waals surface area contributed by atoms with Crippen LogP contribution in [0.25, 0.3) is 0 Å². The van der Waals surface area contributed by atoms with Crippen molar-refractivity contribution in [3.05, 3.63) is 95.1 Å². The number of thioether (sulfide) groups is 1. The Kier molecular flexibility index (Phi) is 7.85. The van der Waals surface area contributed by atoms with Crippen molar-refractivity contribution < 1.29 is 19.1 Å². The number of piperidine rings is 1. The van der Waals surface area contributed by atoms with Crippen molar-refractivity contribution in [1.82, 2.24) is 4.90 Å². The summed E-state index contributed by atoms with van der Waals surface area (Å²) in [5.41, 5.74) is 3.76. The van der Waals surface area contributed by atoms with Gasteiger partial charge in [0.1, 0.15) is 11.9 Å². The second-order valence-corrected chi connectivity index (χ2v) is 10.9. The van der Waals surface area contributed by atoms with E-state index in [1.807, 2.05) is 36.0 Å². The number of hydrogen-bond donors (Lipinski definition) is 0. The van der Waals surface area contributed by atoms with Gasteiger partial charge >= 0.3 is 5.97 Å². The molecule has 3 atom stereocenters. The van der Waals surface area contributed by atoms with Crippen LogP contribution in [0.3, 0.4) is 0 Å². The molecular formula is C31H33NO4S. The fraction of sp³-hybridized carbons (Fsp3) is 0.355. The molecule has 1 amide bonds. The molecule has 37 heavy (non-hydrogen) atoms. The standard InChI is InChI=1S/C31H33NO4S/c1-3-35-31(34)24-10-14-27(15-11-24)36-28-18-25-12-13-26(19-28)32(25)30(33)23-8-6-22(7-9-23)20-37-29-16-4-21(2)5-17-29/h4-11,14-17,25-26,28H,3,12-13,18-20H2,1-2H3/t25-,26+,28?. The maximum absolute atomic E-state index is 13.4. The molecule has 2 fully saturated rings. The Morgan fingerprint density at radius 1 is 0.865 bits per heavy atom. The minimum atomic E-state index is -0.322. The normalized spacial score (nSPS) is 20.5. The highest BCUT2D eigenvalue weighted by atomic mass is 32.2. The van der Waals surface area contributed by atoms with Gasteiger partial charge in [-0.1, -0.05) is 29.8 Å². The van der Waals surface area contributed by atoms with Crippen molar-refractivity contribution in [2.75, 3.05) is 6.61 Å². The molecule has 192 valence electrons. The summed E-state index contributed by atoms with van der Waals surface area (Å²) in [6.07, 6.45) is 3.75. The lowest BCUT2D eigenvalue weighted by Gasteiger charge is -2.39. The third-order valence-electron chi connectivity index (χ3n) is 7.22. The molecule has 0 aliphatic carbocycles. The number of aryl methyl sites for hydroxylation is 1. The number of carbonyl (C=O) groups is 2. The number of esters is 1. The first kappa shape index (κ1) is 25.4. The highest BCUT2D eigenvalue weighted by Crippen LogP contribution is 2.38. The number of nitrogens with zero attached hydrogens (tertiary/aromatic N) is 1. The first-order chi connectivity index (χ1) is 18.0. The number of amides is 1. The molecule has 2 bridgehead atoms. The van der Waals surface area contributed by atoms with E-state index < -0.39 is 0 Å². The van der Waals surface area contributed by atoms with Gasteiger partial charge in [0.25, 0.3) is 5.91 Å². The van der Waals surface area contributed by atoms with Gasteiger partial charge in [-0.25, -0.2) is 4.79 Å². The highest BCUT2D eigenvalue weighted by Gasteiger charge is 2.44. The Hall–Kier alpha value is -3.25. The summed E-state index contributed by atoms with van der Waals surface area (Å²) >= 11 is 1.81. The van der Waals surface area contributed by atoms with E-state index >= 15 is 0 Å². The van der Waals surface area contributed by atoms with Crippen LogP contribution in [-0.2, 0) is 10.5 Å². The van der Waals surface area contributed by atoms with Crippen LogP contribution in [-0.4, -0.2) is 41.6 Å². The van der Waals surface area contributed by atoms with E-state index in [1.165, 1.54) is 16.0 Å². The smallest absolute Gasteiger partial charge is 0.338 e. The maximum Gasteiger partial charge on any atom is 0.338 e. The van der Waals surface area contributed by atoms with Gasteiger partial charge in [-0.05, 0) is 80.8 Å². The lowest BCUT2D eigenvalue weighted by molar-refractivity contribution is 0.0359. The van der Waals surface area contributed by atoms with E-state index in [0.717, 1.165) is 42.7 Å². The molecule has 2 aliphatic heterocycles. The Bertz CT molecular complexity index is 1210. The molecule has 2 heterocycles. The molecule has 5 nitrogen and oxygen atoms in total. The molecule has 2 aliphatic rings. The molecule has 5 rings (SSSR count). The fourth-order valence-electron chi connectivity index (χ4n) is 5.33. The van der Waals surface area contributed by atoms with E-state index in [1.54, 1.807) is 19.1 Å². The molecule has 0 aromatic heterocycles. The maximum atomic E-state index is 13.4. The molecule has 1 unspecified atom stereocenters. The minimum Gasteiger partial charge on any atom is -0.490 e. The van der Waals surface area contributed by atoms with E-state index in [9.17, 15) is 9.59 Å². The summed E-state index contributed by atoms with van der Waals surface area (Å²) in [6.45, 7) is 4.25. The predicted molar refractivity (Wildman–Crippen MR) is 146 cm³/mol. The summed E-state index contributed by atoms with van der Waals surface area (Å²) in [5.74, 6) is 1.43. The number of benzene rings is 3. The Morgan fingerprint density at radius 3 is 2.11 bits per heavy atom. The number of carbonyl (C=O) groups excluding carboxylic acids is 2. The van der Waals surface area contributed by atoms with Crippen molar-refractivity contribution >= 4 is 23.6 Å². The number of hydrogen-bond acceptors (Lipinski definition) is 5. The number of rotatable bonds is 8. The zero-order valence-electron chi connectivity index (χ0n) is 21.4. The van der Waals surface area contributed by atoms with Crippen molar-refractivity contribution in [1.29, 1.82) is 0 Å². The van der Waals surface area contributed by atoms with Crippen LogP contribution < -0.4 is 4.74 Å². The van der Waals surface area contributed by atoms with Crippen LogP contribution in [0.15, 0.2) is 77.7 Å².